The number of nitrogens with one attached hydrogen (secondary N) is 2. The second-order valence-corrected chi connectivity index (χ2v) is 4.73. The molecule has 1 unspecified atom stereocenters. The van der Waals surface area contributed by atoms with E-state index in [1.807, 2.05) is 0 Å². The first kappa shape index (κ1) is 19.1. The van der Waals surface area contributed by atoms with Crippen LogP contribution in [0.15, 0.2) is 0 Å². The molecular formula is C13H26ClN3O3. The highest BCUT2D eigenvalue weighted by Gasteiger charge is 2.29. The molecule has 0 aromatic carbocycles. The number of nitrogens with zero attached hydrogens (tertiary/aromatic N) is 1. The molecule has 0 saturated carbocycles. The molecule has 0 aliphatic carbocycles. The number of hydrogen-bond donors (Lipinski definition) is 2. The molecular weight excluding hydrogens is 282 g/mol. The zero-order valence-electron chi connectivity index (χ0n) is 12.3. The van der Waals surface area contributed by atoms with E-state index in [4.69, 9.17) is 4.74 Å². The molecule has 0 aromatic rings. The summed E-state index contributed by atoms with van der Waals surface area (Å²) in [5.41, 5.74) is 0. The van der Waals surface area contributed by atoms with Gasteiger partial charge in [-0.25, -0.2) is 0 Å². The monoisotopic (exact) mass is 307 g/mol. The minimum absolute atomic E-state index is 0. The van der Waals surface area contributed by atoms with Crippen molar-refractivity contribution in [2.45, 2.75) is 32.2 Å². The van der Waals surface area contributed by atoms with Gasteiger partial charge in [0.2, 0.25) is 11.8 Å². The predicted octanol–water partition coefficient (Wildman–Crippen LogP) is 0.161. The minimum Gasteiger partial charge on any atom is -0.383 e. The molecule has 20 heavy (non-hydrogen) atoms. The molecule has 2 N–H and O–H groups in total. The number of carbonyl (C=O) groups is 2. The first-order valence-electron chi connectivity index (χ1n) is 6.96. The van der Waals surface area contributed by atoms with Gasteiger partial charge in [-0.15, -0.1) is 12.4 Å². The summed E-state index contributed by atoms with van der Waals surface area (Å²) in [7, 11) is 1.62. The average Bonchev–Trinajstić information content (AvgIpc) is 2.40. The smallest absolute Gasteiger partial charge is 0.240 e. The van der Waals surface area contributed by atoms with Crippen LogP contribution in [0.1, 0.15) is 26.2 Å². The van der Waals surface area contributed by atoms with Crippen molar-refractivity contribution in [3.05, 3.63) is 0 Å². The summed E-state index contributed by atoms with van der Waals surface area (Å²) in [5.74, 6) is -0.0677. The maximum absolute atomic E-state index is 12.1. The topological polar surface area (TPSA) is 70.7 Å². The van der Waals surface area contributed by atoms with E-state index in [1.54, 1.807) is 12.0 Å². The van der Waals surface area contributed by atoms with Crippen LogP contribution in [0, 0.1) is 0 Å². The number of amides is 2. The van der Waals surface area contributed by atoms with Crippen LogP contribution in [-0.4, -0.2) is 62.7 Å². The van der Waals surface area contributed by atoms with Crippen LogP contribution in [0.2, 0.25) is 0 Å². The molecule has 1 heterocycles. The predicted molar refractivity (Wildman–Crippen MR) is 80.0 cm³/mol. The Hall–Kier alpha value is -0.850. The van der Waals surface area contributed by atoms with Crippen LogP contribution in [0.3, 0.4) is 0 Å². The van der Waals surface area contributed by atoms with Crippen molar-refractivity contribution in [1.82, 2.24) is 15.5 Å². The minimum atomic E-state index is -0.396. The molecule has 2 amide bonds. The van der Waals surface area contributed by atoms with Gasteiger partial charge in [-0.1, -0.05) is 13.3 Å². The average molecular weight is 308 g/mol. The van der Waals surface area contributed by atoms with E-state index in [9.17, 15) is 9.59 Å². The SMILES string of the molecule is CCCCNC(=O)CC1NCCN(CCOC)C1=O.Cl. The standard InChI is InChI=1S/C13H25N3O3.ClH/c1-3-4-5-15-12(17)10-11-13(18)16(7-6-14-11)8-9-19-2;/h11,14H,3-10H2,1-2H3,(H,15,17);1H. The number of methoxy groups -OCH3 is 1. The summed E-state index contributed by atoms with van der Waals surface area (Å²) in [6.45, 7) is 5.28. The summed E-state index contributed by atoms with van der Waals surface area (Å²) in [5, 5.41) is 5.94. The quantitative estimate of drug-likeness (QED) is 0.627. The van der Waals surface area contributed by atoms with Gasteiger partial charge in [0.1, 0.15) is 0 Å². The first-order chi connectivity index (χ1) is 9.19. The van der Waals surface area contributed by atoms with Gasteiger partial charge in [0.05, 0.1) is 19.1 Å². The lowest BCUT2D eigenvalue weighted by Gasteiger charge is -2.32. The number of hydrogen-bond acceptors (Lipinski definition) is 4. The summed E-state index contributed by atoms with van der Waals surface area (Å²) >= 11 is 0. The molecule has 0 aromatic heterocycles. The van der Waals surface area contributed by atoms with Crippen molar-refractivity contribution in [2.24, 2.45) is 0 Å². The normalized spacial score (nSPS) is 18.6. The van der Waals surface area contributed by atoms with E-state index in [1.165, 1.54) is 0 Å². The van der Waals surface area contributed by atoms with Crippen LogP contribution in [-0.2, 0) is 14.3 Å². The Morgan fingerprint density at radius 3 is 2.95 bits per heavy atom. The van der Waals surface area contributed by atoms with Crippen molar-refractivity contribution >= 4 is 24.2 Å². The zero-order chi connectivity index (χ0) is 14.1. The van der Waals surface area contributed by atoms with E-state index in [2.05, 4.69) is 17.6 Å². The Kier molecular flexibility index (Phi) is 10.4. The highest BCUT2D eigenvalue weighted by Crippen LogP contribution is 2.05. The molecule has 6 nitrogen and oxygen atoms in total. The van der Waals surface area contributed by atoms with Crippen molar-refractivity contribution in [2.75, 3.05) is 39.9 Å². The molecule has 1 saturated heterocycles. The Morgan fingerprint density at radius 1 is 1.55 bits per heavy atom. The lowest BCUT2D eigenvalue weighted by atomic mass is 10.1. The van der Waals surface area contributed by atoms with Gasteiger partial charge in [0, 0.05) is 33.3 Å². The van der Waals surface area contributed by atoms with Crippen molar-refractivity contribution in [1.29, 1.82) is 0 Å². The van der Waals surface area contributed by atoms with E-state index < -0.39 is 6.04 Å². The second kappa shape index (κ2) is 10.9. The lowest BCUT2D eigenvalue weighted by molar-refractivity contribution is -0.138. The van der Waals surface area contributed by atoms with Gasteiger partial charge >= 0.3 is 0 Å². The van der Waals surface area contributed by atoms with Gasteiger partial charge in [-0.2, -0.15) is 0 Å². The fourth-order valence-corrected chi connectivity index (χ4v) is 2.04. The Labute approximate surface area is 127 Å². The third kappa shape index (κ3) is 6.54. The summed E-state index contributed by atoms with van der Waals surface area (Å²) < 4.78 is 4.98. The third-order valence-corrected chi connectivity index (χ3v) is 3.19. The van der Waals surface area contributed by atoms with Gasteiger partial charge < -0.3 is 20.3 Å². The number of ether oxygens (including phenoxy) is 1. The first-order valence-corrected chi connectivity index (χ1v) is 6.96. The molecule has 0 radical (unpaired) electrons. The Balaban J connectivity index is 0.00000361. The molecule has 0 bridgehead atoms. The molecule has 118 valence electrons. The van der Waals surface area contributed by atoms with Gasteiger partial charge in [0.25, 0.3) is 0 Å². The van der Waals surface area contributed by atoms with Gasteiger partial charge in [-0.05, 0) is 6.42 Å². The maximum atomic E-state index is 12.1. The number of rotatable bonds is 8. The molecule has 1 aliphatic heterocycles. The van der Waals surface area contributed by atoms with Crippen LogP contribution in [0.4, 0.5) is 0 Å². The van der Waals surface area contributed by atoms with E-state index in [0.717, 1.165) is 19.4 Å². The molecule has 0 spiro atoms. The van der Waals surface area contributed by atoms with E-state index >= 15 is 0 Å². The van der Waals surface area contributed by atoms with E-state index in [-0.39, 0.29) is 30.6 Å². The summed E-state index contributed by atoms with van der Waals surface area (Å²) in [6, 6.07) is -0.396. The third-order valence-electron chi connectivity index (χ3n) is 3.19. The number of halogens is 1. The van der Waals surface area contributed by atoms with Crippen LogP contribution >= 0.6 is 12.4 Å². The van der Waals surface area contributed by atoms with Crippen LogP contribution < -0.4 is 10.6 Å². The zero-order valence-corrected chi connectivity index (χ0v) is 13.1. The number of unbranched alkanes of at least 4 members (excludes halogenated alkanes) is 1. The van der Waals surface area contributed by atoms with Crippen molar-refractivity contribution in [3.63, 3.8) is 0 Å². The Bertz CT molecular complexity index is 303. The number of carbonyl (C=O) groups excluding carboxylic acids is 2. The lowest BCUT2D eigenvalue weighted by Crippen LogP contribution is -2.56. The summed E-state index contributed by atoms with van der Waals surface area (Å²) in [4.78, 5) is 25.6. The van der Waals surface area contributed by atoms with Crippen molar-refractivity contribution < 1.29 is 14.3 Å². The van der Waals surface area contributed by atoms with Crippen molar-refractivity contribution in [3.8, 4) is 0 Å². The molecule has 1 aliphatic rings. The van der Waals surface area contributed by atoms with Gasteiger partial charge in [-0.3, -0.25) is 9.59 Å². The second-order valence-electron chi connectivity index (χ2n) is 4.73. The summed E-state index contributed by atoms with van der Waals surface area (Å²) in [6.07, 6.45) is 2.23. The molecule has 1 atom stereocenters. The maximum Gasteiger partial charge on any atom is 0.240 e. The molecule has 1 fully saturated rings. The van der Waals surface area contributed by atoms with Crippen LogP contribution in [0.25, 0.3) is 0 Å². The highest BCUT2D eigenvalue weighted by molar-refractivity contribution is 5.88. The van der Waals surface area contributed by atoms with Gasteiger partial charge in [0.15, 0.2) is 0 Å². The fourth-order valence-electron chi connectivity index (χ4n) is 2.04. The fraction of sp³-hybridized carbons (Fsp3) is 0.846. The number of piperazine rings is 1. The highest BCUT2D eigenvalue weighted by atomic mass is 35.5. The van der Waals surface area contributed by atoms with E-state index in [0.29, 0.717) is 26.2 Å². The van der Waals surface area contributed by atoms with Crippen LogP contribution in [0.5, 0.6) is 0 Å². The largest absolute Gasteiger partial charge is 0.383 e. The molecule has 1 rings (SSSR count). The Morgan fingerprint density at radius 2 is 2.30 bits per heavy atom. The molecule has 7 heteroatoms.